The molecule has 2 aromatic carbocycles. The summed E-state index contributed by atoms with van der Waals surface area (Å²) in [6.45, 7) is 1.25. The number of anilines is 1. The first kappa shape index (κ1) is 22.6. The van der Waals surface area contributed by atoms with Crippen molar-refractivity contribution in [1.29, 1.82) is 0 Å². The van der Waals surface area contributed by atoms with E-state index >= 15 is 0 Å². The van der Waals surface area contributed by atoms with Crippen LogP contribution in [0.2, 0.25) is 10.0 Å². The van der Waals surface area contributed by atoms with Gasteiger partial charge in [0.05, 0.1) is 26.2 Å². The number of nitro groups is 1. The number of hydrogen-bond donors (Lipinski definition) is 2. The second-order valence-corrected chi connectivity index (χ2v) is 7.99. The number of carbonyl (C=O) groups is 2. The van der Waals surface area contributed by atoms with Crippen LogP contribution in [0.5, 0.6) is 0 Å². The zero-order valence-corrected chi connectivity index (χ0v) is 16.9. The van der Waals surface area contributed by atoms with Crippen LogP contribution < -0.4 is 10.5 Å². The SMILES string of the molecule is CC(OC(=O)c1ccc(Cl)c(S(N)(=O)=O)c1)C(=O)Nc1cc([N+](=O)[O-])ccc1Cl. The zero-order chi connectivity index (χ0) is 21.9. The van der Waals surface area contributed by atoms with E-state index in [-0.39, 0.29) is 27.0 Å². The molecule has 2 rings (SSSR count). The van der Waals surface area contributed by atoms with Crippen LogP contribution in [0.3, 0.4) is 0 Å². The van der Waals surface area contributed by atoms with E-state index in [1.165, 1.54) is 19.1 Å². The van der Waals surface area contributed by atoms with Crippen molar-refractivity contribution in [3.05, 3.63) is 62.1 Å². The second kappa shape index (κ2) is 8.74. The van der Waals surface area contributed by atoms with Crippen molar-refractivity contribution in [2.24, 2.45) is 5.14 Å². The van der Waals surface area contributed by atoms with Crippen LogP contribution in [0.25, 0.3) is 0 Å². The fourth-order valence-electron chi connectivity index (χ4n) is 2.09. The molecule has 29 heavy (non-hydrogen) atoms. The van der Waals surface area contributed by atoms with Crippen molar-refractivity contribution in [1.82, 2.24) is 0 Å². The molecule has 3 N–H and O–H groups in total. The highest BCUT2D eigenvalue weighted by Crippen LogP contribution is 2.27. The fraction of sp³-hybridized carbons (Fsp3) is 0.125. The molecule has 0 spiro atoms. The number of primary sulfonamides is 1. The van der Waals surface area contributed by atoms with Crippen LogP contribution in [0.15, 0.2) is 41.3 Å². The predicted octanol–water partition coefficient (Wildman–Crippen LogP) is 2.73. The van der Waals surface area contributed by atoms with E-state index in [4.69, 9.17) is 33.1 Å². The van der Waals surface area contributed by atoms with E-state index in [2.05, 4.69) is 5.32 Å². The summed E-state index contributed by atoms with van der Waals surface area (Å²) >= 11 is 11.6. The number of rotatable bonds is 6. The Balaban J connectivity index is 2.15. The molecule has 13 heteroatoms. The molecule has 1 unspecified atom stereocenters. The quantitative estimate of drug-likeness (QED) is 0.379. The number of nitrogens with two attached hydrogens (primary N) is 1. The Morgan fingerprint density at radius 3 is 2.38 bits per heavy atom. The van der Waals surface area contributed by atoms with Crippen molar-refractivity contribution in [3.8, 4) is 0 Å². The molecule has 0 aromatic heterocycles. The lowest BCUT2D eigenvalue weighted by molar-refractivity contribution is -0.384. The Morgan fingerprint density at radius 2 is 1.79 bits per heavy atom. The molecular formula is C16H13Cl2N3O7S. The summed E-state index contributed by atoms with van der Waals surface area (Å²) in [5.41, 5.74) is -0.547. The number of sulfonamides is 1. The average molecular weight is 462 g/mol. The molecule has 0 aliphatic rings. The first-order chi connectivity index (χ1) is 13.4. The number of halogens is 2. The van der Waals surface area contributed by atoms with Crippen molar-refractivity contribution >= 4 is 56.5 Å². The lowest BCUT2D eigenvalue weighted by Crippen LogP contribution is -2.30. The smallest absolute Gasteiger partial charge is 0.338 e. The maximum atomic E-state index is 12.2. The normalized spacial score (nSPS) is 12.1. The molecule has 0 aliphatic carbocycles. The molecule has 10 nitrogen and oxygen atoms in total. The summed E-state index contributed by atoms with van der Waals surface area (Å²) in [6, 6.07) is 6.70. The van der Waals surface area contributed by atoms with Crippen LogP contribution in [-0.4, -0.2) is 31.3 Å². The third-order valence-electron chi connectivity index (χ3n) is 3.55. The minimum absolute atomic E-state index is 0.0398. The molecule has 1 atom stereocenters. The van der Waals surface area contributed by atoms with Crippen LogP contribution in [0.4, 0.5) is 11.4 Å². The van der Waals surface area contributed by atoms with Crippen LogP contribution >= 0.6 is 23.2 Å². The summed E-state index contributed by atoms with van der Waals surface area (Å²) in [6.07, 6.45) is -1.34. The van der Waals surface area contributed by atoms with E-state index in [0.29, 0.717) is 0 Å². The number of amides is 1. The van der Waals surface area contributed by atoms with Gasteiger partial charge in [0.2, 0.25) is 10.0 Å². The van der Waals surface area contributed by atoms with E-state index < -0.39 is 37.8 Å². The predicted molar refractivity (Wildman–Crippen MR) is 104 cm³/mol. The summed E-state index contributed by atoms with van der Waals surface area (Å²) < 4.78 is 28.0. The first-order valence-electron chi connectivity index (χ1n) is 7.68. The maximum absolute atomic E-state index is 12.2. The standard InChI is InChI=1S/C16H13Cl2N3O7S/c1-8(15(22)20-13-7-10(21(24)25)3-5-11(13)17)28-16(23)9-2-4-12(18)14(6-9)29(19,26)27/h2-8H,1H3,(H,20,22)(H2,19,26,27). The van der Waals surface area contributed by atoms with Gasteiger partial charge in [0.15, 0.2) is 6.10 Å². The lowest BCUT2D eigenvalue weighted by Gasteiger charge is -2.14. The number of nitro benzene ring substituents is 1. The molecule has 0 heterocycles. The van der Waals surface area contributed by atoms with Gasteiger partial charge in [-0.05, 0) is 31.2 Å². The molecule has 0 fully saturated rings. The minimum Gasteiger partial charge on any atom is -0.449 e. The van der Waals surface area contributed by atoms with Gasteiger partial charge in [-0.15, -0.1) is 0 Å². The summed E-state index contributed by atoms with van der Waals surface area (Å²) in [4.78, 5) is 34.1. The minimum atomic E-state index is -4.18. The molecule has 0 radical (unpaired) electrons. The van der Waals surface area contributed by atoms with Gasteiger partial charge in [-0.1, -0.05) is 23.2 Å². The number of non-ortho nitro benzene ring substituents is 1. The Hall–Kier alpha value is -2.73. The monoisotopic (exact) mass is 461 g/mol. The summed E-state index contributed by atoms with van der Waals surface area (Å²) in [5, 5.41) is 18.0. The molecule has 0 saturated carbocycles. The van der Waals surface area contributed by atoms with Gasteiger partial charge in [-0.25, -0.2) is 18.4 Å². The van der Waals surface area contributed by atoms with Crippen molar-refractivity contribution in [2.45, 2.75) is 17.9 Å². The second-order valence-electron chi connectivity index (χ2n) is 5.65. The Bertz CT molecular complexity index is 1110. The third-order valence-corrected chi connectivity index (χ3v) is 5.27. The highest BCUT2D eigenvalue weighted by molar-refractivity contribution is 7.89. The number of nitrogens with zero attached hydrogens (tertiary/aromatic N) is 1. The largest absolute Gasteiger partial charge is 0.449 e. The van der Waals surface area contributed by atoms with Crippen molar-refractivity contribution < 1.29 is 27.7 Å². The van der Waals surface area contributed by atoms with E-state index in [1.54, 1.807) is 0 Å². The molecule has 0 bridgehead atoms. The molecule has 154 valence electrons. The van der Waals surface area contributed by atoms with Crippen LogP contribution in [0, 0.1) is 10.1 Å². The third kappa shape index (κ3) is 5.64. The van der Waals surface area contributed by atoms with Crippen molar-refractivity contribution in [2.75, 3.05) is 5.32 Å². The summed E-state index contributed by atoms with van der Waals surface area (Å²) in [5.74, 6) is -1.83. The Labute approximate surface area is 174 Å². The fourth-order valence-corrected chi connectivity index (χ4v) is 3.32. The maximum Gasteiger partial charge on any atom is 0.338 e. The highest BCUT2D eigenvalue weighted by atomic mass is 35.5. The van der Waals surface area contributed by atoms with Crippen LogP contribution in [0.1, 0.15) is 17.3 Å². The van der Waals surface area contributed by atoms with E-state index in [0.717, 1.165) is 24.3 Å². The first-order valence-corrected chi connectivity index (χ1v) is 9.98. The Morgan fingerprint density at radius 1 is 1.17 bits per heavy atom. The molecule has 1 amide bonds. The number of esters is 1. The Kier molecular flexibility index (Phi) is 6.80. The van der Waals surface area contributed by atoms with Gasteiger partial charge in [0.25, 0.3) is 11.6 Å². The number of carbonyl (C=O) groups excluding carboxylic acids is 2. The van der Waals surface area contributed by atoms with Gasteiger partial charge in [-0.2, -0.15) is 0 Å². The van der Waals surface area contributed by atoms with E-state index in [9.17, 15) is 28.1 Å². The van der Waals surface area contributed by atoms with Gasteiger partial charge in [0, 0.05) is 12.1 Å². The number of hydrogen-bond acceptors (Lipinski definition) is 7. The summed E-state index contributed by atoms with van der Waals surface area (Å²) in [7, 11) is -4.18. The topological polar surface area (TPSA) is 159 Å². The molecule has 0 aliphatic heterocycles. The number of ether oxygens (including phenoxy) is 1. The molecular weight excluding hydrogens is 449 g/mol. The molecule has 2 aromatic rings. The lowest BCUT2D eigenvalue weighted by atomic mass is 10.2. The number of nitrogens with one attached hydrogen (secondary N) is 1. The highest BCUT2D eigenvalue weighted by Gasteiger charge is 2.23. The van der Waals surface area contributed by atoms with Crippen LogP contribution in [-0.2, 0) is 19.6 Å². The van der Waals surface area contributed by atoms with Gasteiger partial charge in [0.1, 0.15) is 4.90 Å². The molecule has 0 saturated heterocycles. The van der Waals surface area contributed by atoms with Crippen molar-refractivity contribution in [3.63, 3.8) is 0 Å². The van der Waals surface area contributed by atoms with E-state index in [1.807, 2.05) is 0 Å². The van der Waals surface area contributed by atoms with Gasteiger partial charge in [-0.3, -0.25) is 14.9 Å². The van der Waals surface area contributed by atoms with Gasteiger partial charge >= 0.3 is 5.97 Å². The zero-order valence-electron chi connectivity index (χ0n) is 14.6. The average Bonchev–Trinajstić information content (AvgIpc) is 2.62. The van der Waals surface area contributed by atoms with Gasteiger partial charge < -0.3 is 10.1 Å². The number of benzene rings is 2.